The van der Waals surface area contributed by atoms with Crippen molar-refractivity contribution in [2.75, 3.05) is 13.2 Å². The minimum Gasteiger partial charge on any atom is -0.457 e. The first-order valence-electron chi connectivity index (χ1n) is 7.58. The molecular formula is C15H32N2O3. The average Bonchev–Trinajstić information content (AvgIpc) is 2.42. The van der Waals surface area contributed by atoms with E-state index in [-0.39, 0.29) is 25.1 Å². The Morgan fingerprint density at radius 2 is 1.40 bits per heavy atom. The van der Waals surface area contributed by atoms with Crippen LogP contribution in [-0.2, 0) is 14.3 Å². The number of ketones is 1. The number of esters is 1. The molecule has 20 heavy (non-hydrogen) atoms. The summed E-state index contributed by atoms with van der Waals surface area (Å²) in [6.45, 7) is 1.94. The molecule has 0 spiro atoms. The van der Waals surface area contributed by atoms with E-state index in [2.05, 4.69) is 11.7 Å². The summed E-state index contributed by atoms with van der Waals surface area (Å²) >= 11 is 0. The summed E-state index contributed by atoms with van der Waals surface area (Å²) in [5.74, 6) is -0.523. The predicted octanol–water partition coefficient (Wildman–Crippen LogP) is 3.14. The molecule has 0 fully saturated rings. The summed E-state index contributed by atoms with van der Waals surface area (Å²) in [5, 5.41) is 0. The molecule has 0 atom stereocenters. The normalized spacial score (nSPS) is 9.90. The van der Waals surface area contributed by atoms with Gasteiger partial charge in [0.1, 0.15) is 6.61 Å². The van der Waals surface area contributed by atoms with Crippen molar-refractivity contribution in [2.24, 2.45) is 5.73 Å². The Balaban J connectivity index is 0. The van der Waals surface area contributed by atoms with Gasteiger partial charge in [-0.1, -0.05) is 58.3 Å². The Labute approximate surface area is 123 Å². The lowest BCUT2D eigenvalue weighted by Gasteiger charge is -2.03. The lowest BCUT2D eigenvalue weighted by Crippen LogP contribution is -2.20. The van der Waals surface area contributed by atoms with Gasteiger partial charge in [0.25, 0.3) is 0 Å². The maximum atomic E-state index is 11.4. The van der Waals surface area contributed by atoms with Crippen LogP contribution in [-0.4, -0.2) is 24.9 Å². The van der Waals surface area contributed by atoms with E-state index in [1.165, 1.54) is 44.9 Å². The van der Waals surface area contributed by atoms with E-state index >= 15 is 0 Å². The molecule has 0 aliphatic rings. The van der Waals surface area contributed by atoms with Gasteiger partial charge in [-0.3, -0.25) is 9.59 Å². The second-order valence-corrected chi connectivity index (χ2v) is 4.98. The Hall–Kier alpha value is -0.940. The van der Waals surface area contributed by atoms with Crippen molar-refractivity contribution in [1.82, 2.24) is 6.15 Å². The zero-order chi connectivity index (χ0) is 14.3. The Morgan fingerprint density at radius 3 is 1.90 bits per heavy atom. The topological polar surface area (TPSA) is 104 Å². The molecule has 0 radical (unpaired) electrons. The molecule has 0 aromatic heterocycles. The van der Waals surface area contributed by atoms with Crippen LogP contribution in [0.25, 0.3) is 0 Å². The van der Waals surface area contributed by atoms with Gasteiger partial charge in [-0.05, 0) is 6.42 Å². The molecule has 0 heterocycles. The lowest BCUT2D eigenvalue weighted by molar-refractivity contribution is -0.146. The number of unbranched alkanes of at least 4 members (excludes halogenated alkanes) is 8. The average molecular weight is 288 g/mol. The van der Waals surface area contributed by atoms with Gasteiger partial charge >= 0.3 is 5.97 Å². The van der Waals surface area contributed by atoms with Crippen molar-refractivity contribution in [3.8, 4) is 0 Å². The van der Waals surface area contributed by atoms with E-state index in [9.17, 15) is 9.59 Å². The van der Waals surface area contributed by atoms with Crippen LogP contribution in [0.3, 0.4) is 0 Å². The summed E-state index contributed by atoms with van der Waals surface area (Å²) in [5.41, 5.74) is 5.07. The molecule has 0 saturated heterocycles. The third-order valence-corrected chi connectivity index (χ3v) is 3.12. The van der Waals surface area contributed by atoms with Crippen LogP contribution in [0.1, 0.15) is 71.1 Å². The van der Waals surface area contributed by atoms with Crippen molar-refractivity contribution < 1.29 is 14.3 Å². The molecule has 5 nitrogen and oxygen atoms in total. The fourth-order valence-electron chi connectivity index (χ4n) is 1.92. The van der Waals surface area contributed by atoms with Crippen molar-refractivity contribution >= 4 is 11.8 Å². The number of carbonyl (C=O) groups is 2. The number of carbonyl (C=O) groups excluding carboxylic acids is 2. The number of rotatable bonds is 13. The summed E-state index contributed by atoms with van der Waals surface area (Å²) in [4.78, 5) is 22.1. The highest BCUT2D eigenvalue weighted by atomic mass is 16.5. The summed E-state index contributed by atoms with van der Waals surface area (Å²) in [6.07, 6.45) is 11.6. The van der Waals surface area contributed by atoms with Gasteiger partial charge in [-0.15, -0.1) is 0 Å². The van der Waals surface area contributed by atoms with Gasteiger partial charge in [0.2, 0.25) is 0 Å². The third kappa shape index (κ3) is 15.1. The Bertz CT molecular complexity index is 245. The molecule has 0 aliphatic heterocycles. The van der Waals surface area contributed by atoms with E-state index in [1.54, 1.807) is 0 Å². The highest BCUT2D eigenvalue weighted by Crippen LogP contribution is 2.10. The number of Topliss-reactive ketones (excluding diaryl/α,β-unsaturated/α-hetero) is 1. The largest absolute Gasteiger partial charge is 0.457 e. The quantitative estimate of drug-likeness (QED) is 0.400. The van der Waals surface area contributed by atoms with E-state index in [0.29, 0.717) is 6.42 Å². The third-order valence-electron chi connectivity index (χ3n) is 3.12. The standard InChI is InChI=1S/C15H29NO3.H3N/c1-2-3-4-5-6-7-8-9-10-11-14(17)13-19-15(18)12-16;/h2-13,16H2,1H3;1H3. The molecule has 0 unspecified atom stereocenters. The minimum atomic E-state index is -0.513. The predicted molar refractivity (Wildman–Crippen MR) is 81.9 cm³/mol. The van der Waals surface area contributed by atoms with Gasteiger partial charge in [0, 0.05) is 6.42 Å². The van der Waals surface area contributed by atoms with E-state index in [4.69, 9.17) is 5.73 Å². The van der Waals surface area contributed by atoms with Crippen LogP contribution in [0.15, 0.2) is 0 Å². The van der Waals surface area contributed by atoms with Gasteiger partial charge in [0.15, 0.2) is 5.78 Å². The van der Waals surface area contributed by atoms with Crippen LogP contribution < -0.4 is 11.9 Å². The number of hydrogen-bond donors (Lipinski definition) is 2. The fraction of sp³-hybridized carbons (Fsp3) is 0.867. The van der Waals surface area contributed by atoms with Gasteiger partial charge in [0.05, 0.1) is 6.54 Å². The van der Waals surface area contributed by atoms with Crippen LogP contribution >= 0.6 is 0 Å². The molecule has 5 heteroatoms. The van der Waals surface area contributed by atoms with Crippen molar-refractivity contribution in [3.63, 3.8) is 0 Å². The van der Waals surface area contributed by atoms with E-state index < -0.39 is 5.97 Å². The van der Waals surface area contributed by atoms with E-state index in [0.717, 1.165) is 12.8 Å². The van der Waals surface area contributed by atoms with Crippen molar-refractivity contribution in [1.29, 1.82) is 0 Å². The Kier molecular flexibility index (Phi) is 17.2. The molecule has 0 aliphatic carbocycles. The molecule has 5 N–H and O–H groups in total. The fourth-order valence-corrected chi connectivity index (χ4v) is 1.92. The van der Waals surface area contributed by atoms with Crippen LogP contribution in [0.5, 0.6) is 0 Å². The van der Waals surface area contributed by atoms with Crippen LogP contribution in [0.2, 0.25) is 0 Å². The van der Waals surface area contributed by atoms with Crippen molar-refractivity contribution in [2.45, 2.75) is 71.1 Å². The summed E-state index contributed by atoms with van der Waals surface area (Å²) < 4.78 is 4.67. The molecular weight excluding hydrogens is 256 g/mol. The summed E-state index contributed by atoms with van der Waals surface area (Å²) in [6, 6.07) is 0. The molecule has 0 rings (SSSR count). The smallest absolute Gasteiger partial charge is 0.320 e. The summed E-state index contributed by atoms with van der Waals surface area (Å²) in [7, 11) is 0. The highest BCUT2D eigenvalue weighted by molar-refractivity contribution is 5.82. The SMILES string of the molecule is CCCCCCCCCCCC(=O)COC(=O)CN.N. The highest BCUT2D eigenvalue weighted by Gasteiger charge is 2.05. The zero-order valence-electron chi connectivity index (χ0n) is 13.0. The first-order valence-corrected chi connectivity index (χ1v) is 7.58. The minimum absolute atomic E-state index is 0. The lowest BCUT2D eigenvalue weighted by atomic mass is 10.1. The monoisotopic (exact) mass is 288 g/mol. The zero-order valence-corrected chi connectivity index (χ0v) is 13.0. The van der Waals surface area contributed by atoms with Crippen molar-refractivity contribution in [3.05, 3.63) is 0 Å². The molecule has 0 saturated carbocycles. The first kappa shape index (κ1) is 21.4. The second kappa shape index (κ2) is 16.1. The Morgan fingerprint density at radius 1 is 0.900 bits per heavy atom. The molecule has 0 amide bonds. The number of nitrogens with two attached hydrogens (primary N) is 1. The molecule has 0 aromatic carbocycles. The molecule has 0 aromatic rings. The van der Waals surface area contributed by atoms with Crippen LogP contribution in [0, 0.1) is 0 Å². The van der Waals surface area contributed by atoms with E-state index in [1.807, 2.05) is 0 Å². The van der Waals surface area contributed by atoms with Gasteiger partial charge < -0.3 is 16.6 Å². The van der Waals surface area contributed by atoms with Gasteiger partial charge in [-0.25, -0.2) is 0 Å². The maximum Gasteiger partial charge on any atom is 0.320 e. The second-order valence-electron chi connectivity index (χ2n) is 4.98. The molecule has 120 valence electrons. The van der Waals surface area contributed by atoms with Crippen LogP contribution in [0.4, 0.5) is 0 Å². The number of hydrogen-bond acceptors (Lipinski definition) is 5. The van der Waals surface area contributed by atoms with Gasteiger partial charge in [-0.2, -0.15) is 0 Å². The maximum absolute atomic E-state index is 11.4. The number of ether oxygens (including phenoxy) is 1. The first-order chi connectivity index (χ1) is 9.20. The molecule has 0 bridgehead atoms.